The standard InChI is InChI=1S/C12H29N2/c1-13(2)11-9-7-6-8-10-12-14(3,4)5/h6-12H2,1-5H3/q+1. The number of quaternary nitrogens is 1. The summed E-state index contributed by atoms with van der Waals surface area (Å²) in [5.74, 6) is 0. The Labute approximate surface area is 90.5 Å². The summed E-state index contributed by atoms with van der Waals surface area (Å²) < 4.78 is 1.11. The minimum atomic E-state index is 1.11. The van der Waals surface area contributed by atoms with Crippen LogP contribution >= 0.6 is 0 Å². The Morgan fingerprint density at radius 2 is 1.29 bits per heavy atom. The van der Waals surface area contributed by atoms with E-state index in [0.717, 1.165) is 4.48 Å². The summed E-state index contributed by atoms with van der Waals surface area (Å²) >= 11 is 0. The molecule has 2 nitrogen and oxygen atoms in total. The molecule has 0 bridgehead atoms. The van der Waals surface area contributed by atoms with Crippen molar-refractivity contribution in [3.05, 3.63) is 0 Å². The van der Waals surface area contributed by atoms with Gasteiger partial charge in [0, 0.05) is 0 Å². The van der Waals surface area contributed by atoms with Crippen LogP contribution < -0.4 is 0 Å². The van der Waals surface area contributed by atoms with Crippen LogP contribution in [0.2, 0.25) is 0 Å². The Bertz CT molecular complexity index is 125. The summed E-state index contributed by atoms with van der Waals surface area (Å²) in [4.78, 5) is 2.27. The summed E-state index contributed by atoms with van der Waals surface area (Å²) in [6.07, 6.45) is 6.95. The molecule has 0 atom stereocenters. The fourth-order valence-electron chi connectivity index (χ4n) is 1.54. The fourth-order valence-corrected chi connectivity index (χ4v) is 1.54. The van der Waals surface area contributed by atoms with Gasteiger partial charge in [0.05, 0.1) is 27.7 Å². The Morgan fingerprint density at radius 1 is 0.786 bits per heavy atom. The summed E-state index contributed by atoms with van der Waals surface area (Å²) in [6.45, 7) is 2.56. The molecule has 0 spiro atoms. The van der Waals surface area contributed by atoms with Gasteiger partial charge in [0.25, 0.3) is 0 Å². The van der Waals surface area contributed by atoms with Crippen molar-refractivity contribution in [2.45, 2.75) is 32.1 Å². The molecule has 0 radical (unpaired) electrons. The first kappa shape index (κ1) is 13.9. The molecule has 0 saturated carbocycles. The van der Waals surface area contributed by atoms with Crippen LogP contribution in [0.1, 0.15) is 32.1 Å². The molecule has 0 N–H and O–H groups in total. The lowest BCUT2D eigenvalue weighted by molar-refractivity contribution is -0.870. The maximum absolute atomic E-state index is 2.27. The maximum atomic E-state index is 2.27. The minimum Gasteiger partial charge on any atom is -0.331 e. The van der Waals surface area contributed by atoms with E-state index in [4.69, 9.17) is 0 Å². The van der Waals surface area contributed by atoms with Crippen molar-refractivity contribution in [1.29, 1.82) is 0 Å². The van der Waals surface area contributed by atoms with Gasteiger partial charge in [-0.15, -0.1) is 0 Å². The molecule has 0 aliphatic heterocycles. The number of unbranched alkanes of at least 4 members (excludes halogenated alkanes) is 4. The van der Waals surface area contributed by atoms with E-state index in [1.165, 1.54) is 45.2 Å². The highest BCUT2D eigenvalue weighted by Crippen LogP contribution is 2.05. The number of hydrogen-bond acceptors (Lipinski definition) is 1. The first-order valence-corrected chi connectivity index (χ1v) is 5.87. The molecule has 0 saturated heterocycles. The minimum absolute atomic E-state index is 1.11. The van der Waals surface area contributed by atoms with Crippen LogP contribution in [0.15, 0.2) is 0 Å². The van der Waals surface area contributed by atoms with Crippen LogP contribution in [0.25, 0.3) is 0 Å². The zero-order valence-electron chi connectivity index (χ0n) is 10.8. The molecule has 0 amide bonds. The molecule has 0 aromatic carbocycles. The zero-order chi connectivity index (χ0) is 11.0. The summed E-state index contributed by atoms with van der Waals surface area (Å²) in [6, 6.07) is 0. The molecule has 0 aromatic heterocycles. The van der Waals surface area contributed by atoms with Gasteiger partial charge in [0.1, 0.15) is 0 Å². The molecule has 0 aromatic rings. The van der Waals surface area contributed by atoms with Crippen molar-refractivity contribution in [2.24, 2.45) is 0 Å². The van der Waals surface area contributed by atoms with Crippen molar-refractivity contribution in [2.75, 3.05) is 48.3 Å². The van der Waals surface area contributed by atoms with Gasteiger partial charge >= 0.3 is 0 Å². The van der Waals surface area contributed by atoms with Gasteiger partial charge in [0.15, 0.2) is 0 Å². The van der Waals surface area contributed by atoms with E-state index in [9.17, 15) is 0 Å². The third-order valence-corrected chi connectivity index (χ3v) is 2.43. The quantitative estimate of drug-likeness (QED) is 0.430. The third-order valence-electron chi connectivity index (χ3n) is 2.43. The van der Waals surface area contributed by atoms with E-state index in [-0.39, 0.29) is 0 Å². The first-order chi connectivity index (χ1) is 6.42. The van der Waals surface area contributed by atoms with Crippen LogP contribution in [0.5, 0.6) is 0 Å². The molecule has 0 aliphatic carbocycles. The normalized spacial score (nSPS) is 12.4. The second-order valence-corrected chi connectivity index (χ2v) is 5.58. The molecule has 0 unspecified atom stereocenters. The fraction of sp³-hybridized carbons (Fsp3) is 1.00. The largest absolute Gasteiger partial charge is 0.331 e. The molecule has 0 aliphatic rings. The highest BCUT2D eigenvalue weighted by molar-refractivity contribution is 4.47. The van der Waals surface area contributed by atoms with Crippen molar-refractivity contribution in [3.8, 4) is 0 Å². The third kappa shape index (κ3) is 11.9. The van der Waals surface area contributed by atoms with E-state index in [1.807, 2.05) is 0 Å². The molecule has 86 valence electrons. The van der Waals surface area contributed by atoms with Gasteiger partial charge in [-0.3, -0.25) is 0 Å². The van der Waals surface area contributed by atoms with Gasteiger partial charge in [-0.2, -0.15) is 0 Å². The van der Waals surface area contributed by atoms with E-state index >= 15 is 0 Å². The topological polar surface area (TPSA) is 3.24 Å². The monoisotopic (exact) mass is 201 g/mol. The first-order valence-electron chi connectivity index (χ1n) is 5.87. The maximum Gasteiger partial charge on any atom is 0.0780 e. The summed E-state index contributed by atoms with van der Waals surface area (Å²) in [7, 11) is 11.1. The number of nitrogens with zero attached hydrogens (tertiary/aromatic N) is 2. The van der Waals surface area contributed by atoms with Crippen LogP contribution in [-0.2, 0) is 0 Å². The van der Waals surface area contributed by atoms with Crippen LogP contribution in [-0.4, -0.2) is 57.7 Å². The molecule has 14 heavy (non-hydrogen) atoms. The van der Waals surface area contributed by atoms with Crippen molar-refractivity contribution < 1.29 is 4.48 Å². The molecule has 0 heterocycles. The second-order valence-electron chi connectivity index (χ2n) is 5.58. The number of hydrogen-bond donors (Lipinski definition) is 0. The van der Waals surface area contributed by atoms with Gasteiger partial charge in [0.2, 0.25) is 0 Å². The molecule has 0 rings (SSSR count). The Kier molecular flexibility index (Phi) is 7.20. The smallest absolute Gasteiger partial charge is 0.0780 e. The average Bonchev–Trinajstić information content (AvgIpc) is 2.00. The number of rotatable bonds is 8. The second kappa shape index (κ2) is 7.24. The van der Waals surface area contributed by atoms with Gasteiger partial charge in [-0.1, -0.05) is 12.8 Å². The summed E-state index contributed by atoms with van der Waals surface area (Å²) in [5, 5.41) is 0. The van der Waals surface area contributed by atoms with Crippen molar-refractivity contribution in [3.63, 3.8) is 0 Å². The predicted molar refractivity (Wildman–Crippen MR) is 64.5 cm³/mol. The van der Waals surface area contributed by atoms with Gasteiger partial charge < -0.3 is 9.38 Å². The van der Waals surface area contributed by atoms with E-state index in [0.29, 0.717) is 0 Å². The Balaban J connectivity index is 3.07. The van der Waals surface area contributed by atoms with E-state index < -0.39 is 0 Å². The Morgan fingerprint density at radius 3 is 1.79 bits per heavy atom. The van der Waals surface area contributed by atoms with Crippen LogP contribution in [0.3, 0.4) is 0 Å². The van der Waals surface area contributed by atoms with Gasteiger partial charge in [-0.05, 0) is 39.9 Å². The Hall–Kier alpha value is -0.0800. The van der Waals surface area contributed by atoms with E-state index in [2.05, 4.69) is 40.1 Å². The van der Waals surface area contributed by atoms with Crippen LogP contribution in [0.4, 0.5) is 0 Å². The zero-order valence-corrected chi connectivity index (χ0v) is 10.8. The lowest BCUT2D eigenvalue weighted by atomic mass is 10.1. The molecule has 0 fully saturated rings. The highest BCUT2D eigenvalue weighted by Gasteiger charge is 2.04. The van der Waals surface area contributed by atoms with Crippen molar-refractivity contribution in [1.82, 2.24) is 4.90 Å². The lowest BCUT2D eigenvalue weighted by Crippen LogP contribution is -2.35. The van der Waals surface area contributed by atoms with Gasteiger partial charge in [-0.25, -0.2) is 0 Å². The summed E-state index contributed by atoms with van der Waals surface area (Å²) in [5.41, 5.74) is 0. The highest BCUT2D eigenvalue weighted by atomic mass is 15.3. The average molecular weight is 201 g/mol. The molecular formula is C12H29N2+. The predicted octanol–water partition coefficient (Wildman–Crippen LogP) is 2.20. The van der Waals surface area contributed by atoms with E-state index in [1.54, 1.807) is 0 Å². The lowest BCUT2D eigenvalue weighted by Gasteiger charge is -2.23. The molecular weight excluding hydrogens is 172 g/mol. The SMILES string of the molecule is CN(C)CCCCCCC[N+](C)(C)C. The van der Waals surface area contributed by atoms with Crippen molar-refractivity contribution >= 4 is 0 Å². The molecule has 2 heteroatoms. The van der Waals surface area contributed by atoms with Crippen LogP contribution in [0, 0.1) is 0 Å².